The van der Waals surface area contributed by atoms with E-state index in [4.69, 9.17) is 4.74 Å². The third-order valence-corrected chi connectivity index (χ3v) is 6.32. The van der Waals surface area contributed by atoms with Crippen LogP contribution in [0.1, 0.15) is 21.5 Å². The van der Waals surface area contributed by atoms with Crippen LogP contribution in [0.3, 0.4) is 0 Å². The lowest BCUT2D eigenvalue weighted by atomic mass is 10.0. The van der Waals surface area contributed by atoms with Crippen LogP contribution >= 0.6 is 0 Å². The van der Waals surface area contributed by atoms with Crippen LogP contribution in [0, 0.1) is 0 Å². The lowest BCUT2D eigenvalue weighted by Gasteiger charge is -2.17. The fourth-order valence-electron chi connectivity index (χ4n) is 4.57. The number of benzene rings is 2. The summed E-state index contributed by atoms with van der Waals surface area (Å²) in [4.78, 5) is 43.0. The number of halogens is 3. The molecule has 4 aromatic rings. The Morgan fingerprint density at radius 3 is 2.62 bits per heavy atom. The molecule has 1 atom stereocenters. The molecule has 3 heterocycles. The van der Waals surface area contributed by atoms with Gasteiger partial charge in [-0.15, -0.1) is 0 Å². The Balaban J connectivity index is 1.41. The molecule has 5 rings (SSSR count). The van der Waals surface area contributed by atoms with Crippen LogP contribution in [0.25, 0.3) is 22.0 Å². The number of hydrogen-bond acceptors (Lipinski definition) is 5. The highest BCUT2D eigenvalue weighted by molar-refractivity contribution is 5.89. The standard InChI is InChI=1S/C26H20F3N3O5/c27-26(28,29)20-4-2-1-3-18(20)21-10-14-5-6-16(11-19(14)23(33)31-21)32-12-17(37-13-32)9-15-7-8-30-24(34)22(15)25(35)36/h1-8,10-11,17H,9,12-13H2,(H,30,34)(H,31,33)(H,35,36)/t17-/m0/s1. The van der Waals surface area contributed by atoms with Crippen molar-refractivity contribution in [3.63, 3.8) is 0 Å². The van der Waals surface area contributed by atoms with E-state index in [9.17, 15) is 32.7 Å². The van der Waals surface area contributed by atoms with Gasteiger partial charge in [0.2, 0.25) is 0 Å². The average Bonchev–Trinajstić information content (AvgIpc) is 3.31. The Bertz CT molecular complexity index is 1630. The maximum absolute atomic E-state index is 13.5. The van der Waals surface area contributed by atoms with Gasteiger partial charge in [-0.25, -0.2) is 4.79 Å². The average molecular weight is 511 g/mol. The van der Waals surface area contributed by atoms with Crippen molar-refractivity contribution >= 4 is 22.4 Å². The summed E-state index contributed by atoms with van der Waals surface area (Å²) in [6.07, 6.45) is -3.38. The Hall–Kier alpha value is -4.38. The number of hydrogen-bond donors (Lipinski definition) is 3. The van der Waals surface area contributed by atoms with Gasteiger partial charge in [0, 0.05) is 41.5 Å². The monoisotopic (exact) mass is 511 g/mol. The Labute approximate surface area is 206 Å². The number of aromatic nitrogens is 2. The van der Waals surface area contributed by atoms with Gasteiger partial charge in [0.25, 0.3) is 11.1 Å². The molecule has 3 N–H and O–H groups in total. The molecule has 1 aliphatic rings. The van der Waals surface area contributed by atoms with Crippen LogP contribution in [0.4, 0.5) is 18.9 Å². The number of carboxylic acid groups (broad SMARTS) is 1. The van der Waals surface area contributed by atoms with Crippen LogP contribution in [-0.2, 0) is 17.3 Å². The van der Waals surface area contributed by atoms with E-state index < -0.39 is 34.9 Å². The number of carboxylic acids is 1. The molecule has 8 nitrogen and oxygen atoms in total. The highest BCUT2D eigenvalue weighted by atomic mass is 19.4. The molecular weight excluding hydrogens is 491 g/mol. The molecule has 0 saturated carbocycles. The summed E-state index contributed by atoms with van der Waals surface area (Å²) in [7, 11) is 0. The third kappa shape index (κ3) is 4.73. The minimum absolute atomic E-state index is 0.0647. The predicted molar refractivity (Wildman–Crippen MR) is 130 cm³/mol. The summed E-state index contributed by atoms with van der Waals surface area (Å²) < 4.78 is 46.2. The van der Waals surface area contributed by atoms with Crippen molar-refractivity contribution in [3.8, 4) is 11.3 Å². The zero-order valence-electron chi connectivity index (χ0n) is 19.1. The summed E-state index contributed by atoms with van der Waals surface area (Å²) in [5.74, 6) is -1.32. The zero-order chi connectivity index (χ0) is 26.3. The molecule has 0 amide bonds. The second-order valence-corrected chi connectivity index (χ2v) is 8.68. The molecule has 37 heavy (non-hydrogen) atoms. The molecule has 1 fully saturated rings. The molecular formula is C26H20F3N3O5. The first-order valence-electron chi connectivity index (χ1n) is 11.3. The second kappa shape index (κ2) is 9.25. The van der Waals surface area contributed by atoms with Gasteiger partial charge in [-0.3, -0.25) is 9.59 Å². The number of anilines is 1. The van der Waals surface area contributed by atoms with E-state index in [0.29, 0.717) is 28.6 Å². The number of fused-ring (bicyclic) bond motifs is 1. The number of nitrogens with zero attached hydrogens (tertiary/aromatic N) is 1. The largest absolute Gasteiger partial charge is 0.477 e. The van der Waals surface area contributed by atoms with E-state index in [2.05, 4.69) is 9.97 Å². The number of ether oxygens (including phenoxy) is 1. The predicted octanol–water partition coefficient (Wildman–Crippen LogP) is 4.01. The van der Waals surface area contributed by atoms with Gasteiger partial charge in [-0.05, 0) is 41.3 Å². The van der Waals surface area contributed by atoms with Gasteiger partial charge in [-0.2, -0.15) is 13.2 Å². The highest BCUT2D eigenvalue weighted by Crippen LogP contribution is 2.36. The molecule has 190 valence electrons. The van der Waals surface area contributed by atoms with Crippen molar-refractivity contribution in [1.82, 2.24) is 9.97 Å². The highest BCUT2D eigenvalue weighted by Gasteiger charge is 2.33. The number of aromatic amines is 2. The smallest absolute Gasteiger partial charge is 0.417 e. The van der Waals surface area contributed by atoms with Crippen molar-refractivity contribution in [3.05, 3.63) is 98.2 Å². The molecule has 0 radical (unpaired) electrons. The molecule has 0 unspecified atom stereocenters. The van der Waals surface area contributed by atoms with Crippen LogP contribution in [-0.4, -0.2) is 40.4 Å². The van der Waals surface area contributed by atoms with Gasteiger partial charge in [0.15, 0.2) is 0 Å². The first-order valence-corrected chi connectivity index (χ1v) is 11.3. The minimum atomic E-state index is -4.57. The lowest BCUT2D eigenvalue weighted by Crippen LogP contribution is -2.25. The van der Waals surface area contributed by atoms with Gasteiger partial charge >= 0.3 is 12.1 Å². The maximum atomic E-state index is 13.5. The fourth-order valence-corrected chi connectivity index (χ4v) is 4.57. The normalized spacial score (nSPS) is 15.9. The lowest BCUT2D eigenvalue weighted by molar-refractivity contribution is -0.137. The van der Waals surface area contributed by atoms with Crippen LogP contribution in [0.2, 0.25) is 0 Å². The Kier molecular flexibility index (Phi) is 6.08. The molecule has 0 bridgehead atoms. The zero-order valence-corrected chi connectivity index (χ0v) is 19.1. The molecule has 1 saturated heterocycles. The molecule has 11 heteroatoms. The van der Waals surface area contributed by atoms with E-state index in [1.807, 2.05) is 4.90 Å². The van der Waals surface area contributed by atoms with Gasteiger partial charge in [-0.1, -0.05) is 24.3 Å². The van der Waals surface area contributed by atoms with Crippen molar-refractivity contribution in [2.75, 3.05) is 18.2 Å². The van der Waals surface area contributed by atoms with E-state index in [1.165, 1.54) is 36.5 Å². The Morgan fingerprint density at radius 1 is 1.08 bits per heavy atom. The van der Waals surface area contributed by atoms with Gasteiger partial charge < -0.3 is 24.7 Å². The first-order chi connectivity index (χ1) is 17.6. The summed E-state index contributed by atoms with van der Waals surface area (Å²) in [5, 5.41) is 10.1. The third-order valence-electron chi connectivity index (χ3n) is 6.32. The summed E-state index contributed by atoms with van der Waals surface area (Å²) in [6, 6.07) is 13.1. The number of H-pyrrole nitrogens is 2. The number of nitrogens with one attached hydrogen (secondary N) is 2. The number of carbonyl (C=O) groups is 1. The topological polar surface area (TPSA) is 115 Å². The van der Waals surface area contributed by atoms with E-state index in [-0.39, 0.29) is 30.0 Å². The molecule has 2 aromatic heterocycles. The SMILES string of the molecule is O=C(O)c1c(C[C@H]2CN(c3ccc4cc(-c5ccccc5C(F)(F)F)[nH]c(=O)c4c3)CO2)cc[nH]c1=O. The minimum Gasteiger partial charge on any atom is -0.477 e. The quantitative estimate of drug-likeness (QED) is 0.373. The van der Waals surface area contributed by atoms with Crippen LogP contribution in [0.15, 0.2) is 70.4 Å². The van der Waals surface area contributed by atoms with Crippen molar-refractivity contribution < 1.29 is 27.8 Å². The van der Waals surface area contributed by atoms with E-state index in [1.54, 1.807) is 18.2 Å². The number of rotatable bonds is 5. The van der Waals surface area contributed by atoms with E-state index >= 15 is 0 Å². The van der Waals surface area contributed by atoms with E-state index in [0.717, 1.165) is 6.07 Å². The molecule has 1 aliphatic heterocycles. The maximum Gasteiger partial charge on any atom is 0.417 e. The summed E-state index contributed by atoms with van der Waals surface area (Å²) in [6.45, 7) is 0.559. The van der Waals surface area contributed by atoms with Crippen LogP contribution in [0.5, 0.6) is 0 Å². The van der Waals surface area contributed by atoms with Crippen molar-refractivity contribution in [2.45, 2.75) is 18.7 Å². The van der Waals surface area contributed by atoms with Crippen molar-refractivity contribution in [2.24, 2.45) is 0 Å². The fraction of sp³-hybridized carbons (Fsp3) is 0.192. The van der Waals surface area contributed by atoms with Gasteiger partial charge in [0.05, 0.1) is 11.7 Å². The van der Waals surface area contributed by atoms with Crippen LogP contribution < -0.4 is 16.0 Å². The first kappa shape index (κ1) is 24.3. The number of aromatic carboxylic acids is 1. The number of alkyl halides is 3. The number of pyridine rings is 2. The second-order valence-electron chi connectivity index (χ2n) is 8.68. The molecule has 2 aromatic carbocycles. The summed E-state index contributed by atoms with van der Waals surface area (Å²) >= 11 is 0. The van der Waals surface area contributed by atoms with Crippen molar-refractivity contribution in [1.29, 1.82) is 0 Å². The molecule has 0 aliphatic carbocycles. The summed E-state index contributed by atoms with van der Waals surface area (Å²) in [5.41, 5.74) is -1.43. The molecule has 0 spiro atoms. The Morgan fingerprint density at radius 2 is 1.86 bits per heavy atom. The van der Waals surface area contributed by atoms with Gasteiger partial charge in [0.1, 0.15) is 12.3 Å².